The Morgan fingerprint density at radius 1 is 1.14 bits per heavy atom. The van der Waals surface area contributed by atoms with Crippen LogP contribution in [0.1, 0.15) is 17.0 Å². The highest BCUT2D eigenvalue weighted by Gasteiger charge is 2.20. The molecule has 0 bridgehead atoms. The number of fused-ring (bicyclic) bond motifs is 1. The zero-order chi connectivity index (χ0) is 14.8. The first-order valence-corrected chi connectivity index (χ1v) is 7.00. The van der Waals surface area contributed by atoms with Gasteiger partial charge in [-0.1, -0.05) is 0 Å². The quantitative estimate of drug-likeness (QED) is 0.851. The van der Waals surface area contributed by atoms with Crippen molar-refractivity contribution in [3.05, 3.63) is 35.4 Å². The number of ether oxygens (including phenoxy) is 2. The summed E-state index contributed by atoms with van der Waals surface area (Å²) in [5.74, 6) is 2.58. The third-order valence-electron chi connectivity index (χ3n) is 3.97. The lowest BCUT2D eigenvalue weighted by molar-refractivity contribution is 0.235. The fourth-order valence-electron chi connectivity index (χ4n) is 2.73. The lowest BCUT2D eigenvalue weighted by Crippen LogP contribution is -2.31. The second kappa shape index (κ2) is 5.73. The average Bonchev–Trinajstić information content (AvgIpc) is 2.91. The van der Waals surface area contributed by atoms with E-state index in [1.165, 1.54) is 11.1 Å². The highest BCUT2D eigenvalue weighted by Crippen LogP contribution is 2.33. The number of rotatable bonds is 4. The Morgan fingerprint density at radius 3 is 2.48 bits per heavy atom. The van der Waals surface area contributed by atoms with Crippen molar-refractivity contribution in [2.75, 3.05) is 20.8 Å². The molecule has 2 heterocycles. The molecule has 0 atom stereocenters. The molecule has 0 spiro atoms. The molecule has 3 rings (SSSR count). The topological polar surface area (TPSA) is 52.4 Å². The average molecular weight is 288 g/mol. The molecule has 2 aromatic rings. The predicted octanol–water partition coefficient (Wildman–Crippen LogP) is 1.39. The Balaban J connectivity index is 1.80. The van der Waals surface area contributed by atoms with E-state index in [9.17, 15) is 0 Å². The highest BCUT2D eigenvalue weighted by molar-refractivity contribution is 5.48. The molecule has 0 fully saturated rings. The van der Waals surface area contributed by atoms with Crippen LogP contribution in [-0.4, -0.2) is 40.4 Å². The van der Waals surface area contributed by atoms with Gasteiger partial charge in [0.25, 0.3) is 0 Å². The summed E-state index contributed by atoms with van der Waals surface area (Å²) in [5.41, 5.74) is 2.63. The number of methoxy groups -OCH3 is 2. The van der Waals surface area contributed by atoms with Crippen molar-refractivity contribution < 1.29 is 9.47 Å². The Hall–Kier alpha value is -2.08. The van der Waals surface area contributed by atoms with Crippen molar-refractivity contribution in [2.45, 2.75) is 19.5 Å². The van der Waals surface area contributed by atoms with E-state index in [2.05, 4.69) is 27.2 Å². The number of hydrogen-bond donors (Lipinski definition) is 0. The van der Waals surface area contributed by atoms with Gasteiger partial charge in [0.15, 0.2) is 11.5 Å². The summed E-state index contributed by atoms with van der Waals surface area (Å²) in [7, 11) is 5.32. The number of aryl methyl sites for hydroxylation is 1. The van der Waals surface area contributed by atoms with Crippen molar-refractivity contribution in [1.82, 2.24) is 19.7 Å². The zero-order valence-electron chi connectivity index (χ0n) is 12.7. The number of nitrogens with zero attached hydrogens (tertiary/aromatic N) is 4. The van der Waals surface area contributed by atoms with Gasteiger partial charge in [0.05, 0.1) is 20.8 Å². The predicted molar refractivity (Wildman–Crippen MR) is 78.4 cm³/mol. The van der Waals surface area contributed by atoms with Gasteiger partial charge >= 0.3 is 0 Å². The molecule has 0 aliphatic carbocycles. The van der Waals surface area contributed by atoms with E-state index in [-0.39, 0.29) is 0 Å². The summed E-state index contributed by atoms with van der Waals surface area (Å²) >= 11 is 0. The first-order valence-electron chi connectivity index (χ1n) is 7.00. The van der Waals surface area contributed by atoms with Gasteiger partial charge in [0, 0.05) is 20.1 Å². The summed E-state index contributed by atoms with van der Waals surface area (Å²) in [5, 5.41) is 8.08. The molecule has 1 aromatic carbocycles. The lowest BCUT2D eigenvalue weighted by Gasteiger charge is -2.29. The van der Waals surface area contributed by atoms with E-state index >= 15 is 0 Å². The fourth-order valence-corrected chi connectivity index (χ4v) is 2.73. The molecular weight excluding hydrogens is 268 g/mol. The van der Waals surface area contributed by atoms with Crippen molar-refractivity contribution in [3.63, 3.8) is 0 Å². The van der Waals surface area contributed by atoms with Gasteiger partial charge in [0.2, 0.25) is 0 Å². The molecule has 112 valence electrons. The summed E-state index contributed by atoms with van der Waals surface area (Å²) < 4.78 is 12.7. The molecular formula is C15H20N4O2. The van der Waals surface area contributed by atoms with Crippen LogP contribution in [0, 0.1) is 0 Å². The van der Waals surface area contributed by atoms with Gasteiger partial charge in [-0.05, 0) is 29.7 Å². The van der Waals surface area contributed by atoms with E-state index in [0.717, 1.165) is 43.4 Å². The molecule has 0 amide bonds. The molecule has 1 aliphatic heterocycles. The van der Waals surface area contributed by atoms with Crippen molar-refractivity contribution in [2.24, 2.45) is 7.05 Å². The maximum atomic E-state index is 5.39. The molecule has 0 N–H and O–H groups in total. The van der Waals surface area contributed by atoms with Crippen LogP contribution in [0.5, 0.6) is 11.5 Å². The van der Waals surface area contributed by atoms with Gasteiger partial charge in [-0.2, -0.15) is 0 Å². The lowest BCUT2D eigenvalue weighted by atomic mass is 9.99. The molecule has 6 nitrogen and oxygen atoms in total. The summed E-state index contributed by atoms with van der Waals surface area (Å²) in [6, 6.07) is 4.17. The van der Waals surface area contributed by atoms with Crippen LogP contribution in [-0.2, 0) is 26.6 Å². The minimum atomic E-state index is 0.789. The molecule has 0 saturated carbocycles. The third-order valence-corrected chi connectivity index (χ3v) is 3.97. The standard InChI is InChI=1S/C15H20N4O2/c1-18-10-16-17-15(18)9-19-5-4-11-6-13(20-2)14(21-3)7-12(11)8-19/h6-7,10H,4-5,8-9H2,1-3H3. The Bertz CT molecular complexity index is 639. The highest BCUT2D eigenvalue weighted by atomic mass is 16.5. The van der Waals surface area contributed by atoms with Crippen molar-refractivity contribution >= 4 is 0 Å². The second-order valence-electron chi connectivity index (χ2n) is 5.29. The van der Waals surface area contributed by atoms with Crippen LogP contribution in [0.4, 0.5) is 0 Å². The maximum Gasteiger partial charge on any atom is 0.161 e. The largest absolute Gasteiger partial charge is 0.493 e. The molecule has 1 aromatic heterocycles. The minimum absolute atomic E-state index is 0.789. The van der Waals surface area contributed by atoms with E-state index in [4.69, 9.17) is 9.47 Å². The summed E-state index contributed by atoms with van der Waals surface area (Å²) in [4.78, 5) is 2.37. The molecule has 0 radical (unpaired) electrons. The SMILES string of the molecule is COc1cc2c(cc1OC)CN(Cc1nncn1C)CC2. The molecule has 21 heavy (non-hydrogen) atoms. The van der Waals surface area contributed by atoms with Crippen molar-refractivity contribution in [1.29, 1.82) is 0 Å². The minimum Gasteiger partial charge on any atom is -0.493 e. The first-order chi connectivity index (χ1) is 10.2. The van der Waals surface area contributed by atoms with Crippen LogP contribution in [0.2, 0.25) is 0 Å². The Labute approximate surface area is 124 Å². The van der Waals surface area contributed by atoms with Gasteiger partial charge in [-0.25, -0.2) is 0 Å². The van der Waals surface area contributed by atoms with Gasteiger partial charge in [0.1, 0.15) is 12.2 Å². The van der Waals surface area contributed by atoms with E-state index in [1.54, 1.807) is 20.5 Å². The summed E-state index contributed by atoms with van der Waals surface area (Å²) in [6.07, 6.45) is 2.74. The van der Waals surface area contributed by atoms with Crippen molar-refractivity contribution in [3.8, 4) is 11.5 Å². The Morgan fingerprint density at radius 2 is 1.86 bits per heavy atom. The number of benzene rings is 1. The molecule has 0 saturated heterocycles. The normalized spacial score (nSPS) is 14.8. The number of aromatic nitrogens is 3. The van der Waals surface area contributed by atoms with Crippen LogP contribution in [0.25, 0.3) is 0 Å². The Kier molecular flexibility index (Phi) is 3.79. The van der Waals surface area contributed by atoms with E-state index in [1.807, 2.05) is 11.6 Å². The van der Waals surface area contributed by atoms with Gasteiger partial charge in [-0.3, -0.25) is 4.90 Å². The van der Waals surface area contributed by atoms with Crippen LogP contribution in [0.15, 0.2) is 18.5 Å². The smallest absolute Gasteiger partial charge is 0.161 e. The second-order valence-corrected chi connectivity index (χ2v) is 5.29. The molecule has 1 aliphatic rings. The van der Waals surface area contributed by atoms with Gasteiger partial charge < -0.3 is 14.0 Å². The fraction of sp³-hybridized carbons (Fsp3) is 0.467. The zero-order valence-corrected chi connectivity index (χ0v) is 12.7. The number of hydrogen-bond acceptors (Lipinski definition) is 5. The van der Waals surface area contributed by atoms with Crippen LogP contribution in [0.3, 0.4) is 0 Å². The maximum absolute atomic E-state index is 5.39. The van der Waals surface area contributed by atoms with E-state index in [0.29, 0.717) is 0 Å². The van der Waals surface area contributed by atoms with Crippen LogP contribution >= 0.6 is 0 Å². The molecule has 0 unspecified atom stereocenters. The first kappa shape index (κ1) is 13.9. The molecule has 6 heteroatoms. The summed E-state index contributed by atoms with van der Waals surface area (Å²) in [6.45, 7) is 2.71. The third kappa shape index (κ3) is 2.71. The van der Waals surface area contributed by atoms with Crippen LogP contribution < -0.4 is 9.47 Å². The van der Waals surface area contributed by atoms with Gasteiger partial charge in [-0.15, -0.1) is 10.2 Å². The van der Waals surface area contributed by atoms with E-state index < -0.39 is 0 Å². The monoisotopic (exact) mass is 288 g/mol.